The highest BCUT2D eigenvalue weighted by atomic mass is 19.3. The standard InChI is InChI=1S/C9H7F2NO4.C4H8O2.C2H4/c1-2-16-9(15)4-3-5(13)8(14)12-6(4)7(10)11;1-2-6-4-3-5-1;1-2/h3,7H,2H2,1H3;1-4H2;1-2H2. The maximum absolute atomic E-state index is 12.4. The fourth-order valence-corrected chi connectivity index (χ4v) is 1.47. The van der Waals surface area contributed by atoms with Crippen LogP contribution in [0.4, 0.5) is 8.78 Å². The number of halogens is 2. The number of esters is 1. The Balaban J connectivity index is 0.000000547. The molecule has 24 heavy (non-hydrogen) atoms. The van der Waals surface area contributed by atoms with E-state index in [4.69, 9.17) is 9.47 Å². The van der Waals surface area contributed by atoms with E-state index in [2.05, 4.69) is 22.9 Å². The van der Waals surface area contributed by atoms with Gasteiger partial charge in [0.05, 0.1) is 38.6 Å². The van der Waals surface area contributed by atoms with Crippen molar-refractivity contribution in [3.63, 3.8) is 0 Å². The summed E-state index contributed by atoms with van der Waals surface area (Å²) >= 11 is 0. The minimum Gasteiger partial charge on any atom is -0.462 e. The Kier molecular flexibility index (Phi) is 11.0. The molecule has 0 spiro atoms. The fourth-order valence-electron chi connectivity index (χ4n) is 1.47. The first-order valence-corrected chi connectivity index (χ1v) is 6.97. The average Bonchev–Trinajstić information content (AvgIpc) is 2.60. The van der Waals surface area contributed by atoms with Crippen molar-refractivity contribution in [2.75, 3.05) is 33.0 Å². The van der Waals surface area contributed by atoms with E-state index in [1.165, 1.54) is 6.92 Å². The maximum Gasteiger partial charge on any atom is 0.340 e. The van der Waals surface area contributed by atoms with Crippen LogP contribution in [0.5, 0.6) is 0 Å². The summed E-state index contributed by atoms with van der Waals surface area (Å²) < 4.78 is 39.2. The zero-order chi connectivity index (χ0) is 18.5. The van der Waals surface area contributed by atoms with E-state index in [1.54, 1.807) is 0 Å². The van der Waals surface area contributed by atoms with Crippen LogP contribution in [-0.4, -0.2) is 62.8 Å². The first-order chi connectivity index (χ1) is 11.5. The molecule has 2 heterocycles. The summed E-state index contributed by atoms with van der Waals surface area (Å²) in [7, 11) is 0. The van der Waals surface area contributed by atoms with Crippen molar-refractivity contribution in [3.8, 4) is 0 Å². The molecule has 7 nitrogen and oxygen atoms in total. The van der Waals surface area contributed by atoms with Crippen molar-refractivity contribution in [1.82, 2.24) is 0 Å². The molecule has 134 valence electrons. The summed E-state index contributed by atoms with van der Waals surface area (Å²) in [5.74, 6) is -3.53. The molecule has 0 saturated carbocycles. The Morgan fingerprint density at radius 3 is 2.12 bits per heavy atom. The third kappa shape index (κ3) is 7.34. The molecule has 0 aromatic rings. The van der Waals surface area contributed by atoms with Crippen LogP contribution in [-0.2, 0) is 28.6 Å². The maximum atomic E-state index is 12.4. The number of amides is 1. The van der Waals surface area contributed by atoms with E-state index in [-0.39, 0.29) is 6.61 Å². The van der Waals surface area contributed by atoms with E-state index >= 15 is 0 Å². The van der Waals surface area contributed by atoms with Crippen molar-refractivity contribution in [3.05, 3.63) is 24.8 Å². The van der Waals surface area contributed by atoms with Gasteiger partial charge in [0.15, 0.2) is 0 Å². The van der Waals surface area contributed by atoms with Crippen LogP contribution >= 0.6 is 0 Å². The largest absolute Gasteiger partial charge is 0.462 e. The molecule has 0 radical (unpaired) electrons. The smallest absolute Gasteiger partial charge is 0.340 e. The van der Waals surface area contributed by atoms with Crippen molar-refractivity contribution in [2.24, 2.45) is 4.99 Å². The summed E-state index contributed by atoms with van der Waals surface area (Å²) in [4.78, 5) is 35.7. The first kappa shape index (κ1) is 21.7. The number of rotatable bonds is 3. The van der Waals surface area contributed by atoms with Crippen molar-refractivity contribution in [1.29, 1.82) is 0 Å². The van der Waals surface area contributed by atoms with Crippen LogP contribution in [0.3, 0.4) is 0 Å². The molecule has 1 amide bonds. The topological polar surface area (TPSA) is 91.3 Å². The van der Waals surface area contributed by atoms with E-state index in [0.29, 0.717) is 6.08 Å². The van der Waals surface area contributed by atoms with Crippen LogP contribution in [0.1, 0.15) is 6.92 Å². The van der Waals surface area contributed by atoms with Gasteiger partial charge in [-0.1, -0.05) is 0 Å². The van der Waals surface area contributed by atoms with Gasteiger partial charge in [-0.05, 0) is 6.92 Å². The lowest BCUT2D eigenvalue weighted by molar-refractivity contribution is -0.138. The fraction of sp³-hybridized carbons (Fsp3) is 0.467. The van der Waals surface area contributed by atoms with Crippen LogP contribution < -0.4 is 0 Å². The van der Waals surface area contributed by atoms with Gasteiger partial charge in [0.1, 0.15) is 5.71 Å². The normalized spacial score (nSPS) is 16.8. The summed E-state index contributed by atoms with van der Waals surface area (Å²) in [6, 6.07) is 0. The first-order valence-electron chi connectivity index (χ1n) is 6.97. The number of ether oxygens (including phenoxy) is 3. The third-order valence-corrected chi connectivity index (χ3v) is 2.43. The van der Waals surface area contributed by atoms with Crippen molar-refractivity contribution < 1.29 is 37.4 Å². The highest BCUT2D eigenvalue weighted by Crippen LogP contribution is 2.14. The monoisotopic (exact) mass is 347 g/mol. The molecular formula is C15H19F2NO6. The number of hydrogen-bond donors (Lipinski definition) is 0. The number of alkyl halides is 2. The number of hydrogen-bond acceptors (Lipinski definition) is 6. The molecule has 0 aromatic heterocycles. The quantitative estimate of drug-likeness (QED) is 0.432. The Bertz CT molecular complexity index is 501. The number of carbonyl (C=O) groups excluding carboxylic acids is 3. The molecule has 0 bridgehead atoms. The molecule has 1 saturated heterocycles. The highest BCUT2D eigenvalue weighted by molar-refractivity contribution is 6.48. The second-order valence-electron chi connectivity index (χ2n) is 3.97. The lowest BCUT2D eigenvalue weighted by Crippen LogP contribution is -2.29. The molecule has 0 N–H and O–H groups in total. The van der Waals surface area contributed by atoms with Gasteiger partial charge in [0.25, 0.3) is 6.43 Å². The molecule has 2 aliphatic rings. The molecule has 2 rings (SSSR count). The van der Waals surface area contributed by atoms with Gasteiger partial charge in [-0.2, -0.15) is 0 Å². The number of dihydropyridines is 1. The third-order valence-electron chi connectivity index (χ3n) is 2.43. The molecule has 0 atom stereocenters. The van der Waals surface area contributed by atoms with Gasteiger partial charge >= 0.3 is 11.9 Å². The lowest BCUT2D eigenvalue weighted by Gasteiger charge is -2.11. The van der Waals surface area contributed by atoms with Gasteiger partial charge in [0.2, 0.25) is 5.78 Å². The van der Waals surface area contributed by atoms with Gasteiger partial charge in [-0.25, -0.2) is 18.6 Å². The van der Waals surface area contributed by atoms with Crippen LogP contribution in [0.2, 0.25) is 0 Å². The lowest BCUT2D eigenvalue weighted by atomic mass is 10.1. The van der Waals surface area contributed by atoms with E-state index in [9.17, 15) is 23.2 Å². The SMILES string of the molecule is C1COCCO1.C=C.CCOC(=O)C1=CC(=O)C(=O)N=C1C(F)F. The summed E-state index contributed by atoms with van der Waals surface area (Å²) in [5.41, 5.74) is -1.69. The molecule has 0 aromatic carbocycles. The van der Waals surface area contributed by atoms with Crippen LogP contribution in [0, 0.1) is 0 Å². The second-order valence-corrected chi connectivity index (χ2v) is 3.97. The molecule has 2 aliphatic heterocycles. The summed E-state index contributed by atoms with van der Waals surface area (Å²) in [6.07, 6.45) is -2.60. The van der Waals surface area contributed by atoms with Gasteiger partial charge < -0.3 is 14.2 Å². The minimum atomic E-state index is -3.12. The second kappa shape index (κ2) is 12.2. The Morgan fingerprint density at radius 2 is 1.75 bits per heavy atom. The van der Waals surface area contributed by atoms with Gasteiger partial charge in [-0.3, -0.25) is 9.59 Å². The van der Waals surface area contributed by atoms with Gasteiger partial charge in [-0.15, -0.1) is 13.2 Å². The van der Waals surface area contributed by atoms with E-state index in [0.717, 1.165) is 26.4 Å². The predicted molar refractivity (Wildman–Crippen MR) is 81.1 cm³/mol. The number of aliphatic imine (C=N–C) groups is 1. The zero-order valence-electron chi connectivity index (χ0n) is 13.3. The summed E-state index contributed by atoms with van der Waals surface area (Å²) in [5, 5.41) is 0. The van der Waals surface area contributed by atoms with Crippen LogP contribution in [0.25, 0.3) is 0 Å². The number of carbonyl (C=O) groups is 3. The Hall–Kier alpha value is -2.26. The zero-order valence-corrected chi connectivity index (χ0v) is 13.3. The predicted octanol–water partition coefficient (Wildman–Crippen LogP) is 1.13. The molecular weight excluding hydrogens is 328 g/mol. The average molecular weight is 347 g/mol. The number of ketones is 1. The Labute approximate surface area is 138 Å². The molecule has 9 heteroatoms. The molecule has 0 aliphatic carbocycles. The minimum absolute atomic E-state index is 0.0329. The van der Waals surface area contributed by atoms with Crippen LogP contribution in [0.15, 0.2) is 29.8 Å². The number of nitrogens with zero attached hydrogens (tertiary/aromatic N) is 1. The van der Waals surface area contributed by atoms with E-state index in [1.807, 2.05) is 0 Å². The molecule has 1 fully saturated rings. The molecule has 0 unspecified atom stereocenters. The highest BCUT2D eigenvalue weighted by Gasteiger charge is 2.32. The van der Waals surface area contributed by atoms with Crippen molar-refractivity contribution in [2.45, 2.75) is 13.3 Å². The van der Waals surface area contributed by atoms with E-state index < -0.39 is 35.4 Å². The summed E-state index contributed by atoms with van der Waals surface area (Å²) in [6.45, 7) is 10.6. The van der Waals surface area contributed by atoms with Gasteiger partial charge in [0, 0.05) is 6.08 Å². The van der Waals surface area contributed by atoms with Crippen molar-refractivity contribution >= 4 is 23.4 Å². The Morgan fingerprint density at radius 1 is 1.25 bits per heavy atom.